The lowest BCUT2D eigenvalue weighted by atomic mass is 10.1. The van der Waals surface area contributed by atoms with Gasteiger partial charge in [-0.25, -0.2) is 9.59 Å². The van der Waals surface area contributed by atoms with Crippen molar-refractivity contribution in [1.82, 2.24) is 5.32 Å². The fraction of sp³-hybridized carbons (Fsp3) is 0.308. The van der Waals surface area contributed by atoms with Gasteiger partial charge >= 0.3 is 12.0 Å². The van der Waals surface area contributed by atoms with Crippen LogP contribution in [0.5, 0.6) is 0 Å². The summed E-state index contributed by atoms with van der Waals surface area (Å²) in [6, 6.07) is 4.62. The van der Waals surface area contributed by atoms with Gasteiger partial charge in [0.15, 0.2) is 0 Å². The van der Waals surface area contributed by atoms with Gasteiger partial charge in [0.2, 0.25) is 0 Å². The molecule has 1 aromatic carbocycles. The summed E-state index contributed by atoms with van der Waals surface area (Å²) in [5, 5.41) is 22.8. The largest absolute Gasteiger partial charge is 0.480 e. The molecular weight excluding hydrogens is 282 g/mol. The molecule has 0 aliphatic heterocycles. The van der Waals surface area contributed by atoms with Crippen LogP contribution in [0.15, 0.2) is 18.2 Å². The maximum atomic E-state index is 11.8. The summed E-state index contributed by atoms with van der Waals surface area (Å²) >= 11 is 5.89. The molecule has 2 amide bonds. The Balaban J connectivity index is 2.81. The molecule has 0 radical (unpaired) electrons. The molecule has 106 valence electrons. The van der Waals surface area contributed by atoms with Crippen LogP contribution in [0.2, 0.25) is 5.02 Å². The van der Waals surface area contributed by atoms with Crippen LogP contribution in [0.4, 0.5) is 10.5 Å². The topological polar surface area (TPSA) is 102 Å². The standard InChI is InChI=1S/C13H14ClN3O3/c1-7(2)11(12(18)19)17-13(20)16-10-5-8(6-15)3-4-9(10)14/h3-5,7,11H,1-2H3,(H,18,19)(H2,16,17,20). The van der Waals surface area contributed by atoms with Gasteiger partial charge in [0.05, 0.1) is 22.3 Å². The third-order valence-electron chi connectivity index (χ3n) is 2.56. The number of nitrogens with zero attached hydrogens (tertiary/aromatic N) is 1. The summed E-state index contributed by atoms with van der Waals surface area (Å²) in [6.07, 6.45) is 0. The highest BCUT2D eigenvalue weighted by atomic mass is 35.5. The molecule has 0 heterocycles. The lowest BCUT2D eigenvalue weighted by molar-refractivity contribution is -0.140. The zero-order valence-electron chi connectivity index (χ0n) is 11.0. The van der Waals surface area contributed by atoms with Gasteiger partial charge in [0.1, 0.15) is 6.04 Å². The van der Waals surface area contributed by atoms with E-state index >= 15 is 0 Å². The number of benzene rings is 1. The Hall–Kier alpha value is -2.26. The molecule has 0 aromatic heterocycles. The highest BCUT2D eigenvalue weighted by molar-refractivity contribution is 6.33. The molecule has 7 heteroatoms. The lowest BCUT2D eigenvalue weighted by Crippen LogP contribution is -2.46. The Labute approximate surface area is 121 Å². The lowest BCUT2D eigenvalue weighted by Gasteiger charge is -2.18. The monoisotopic (exact) mass is 295 g/mol. The normalized spacial score (nSPS) is 11.6. The summed E-state index contributed by atoms with van der Waals surface area (Å²) in [5.41, 5.74) is 0.583. The number of carboxylic acids is 1. The summed E-state index contributed by atoms with van der Waals surface area (Å²) in [7, 11) is 0. The summed E-state index contributed by atoms with van der Waals surface area (Å²) in [4.78, 5) is 22.7. The first-order valence-electron chi connectivity index (χ1n) is 5.85. The van der Waals surface area contributed by atoms with Gasteiger partial charge < -0.3 is 15.7 Å². The predicted molar refractivity (Wildman–Crippen MR) is 74.6 cm³/mol. The average molecular weight is 296 g/mol. The number of hydrogen-bond donors (Lipinski definition) is 3. The van der Waals surface area contributed by atoms with Crippen molar-refractivity contribution in [3.05, 3.63) is 28.8 Å². The van der Waals surface area contributed by atoms with E-state index in [0.717, 1.165) is 0 Å². The van der Waals surface area contributed by atoms with Crippen molar-refractivity contribution < 1.29 is 14.7 Å². The Morgan fingerprint density at radius 1 is 1.40 bits per heavy atom. The first-order valence-corrected chi connectivity index (χ1v) is 6.23. The first kappa shape index (κ1) is 15.8. The summed E-state index contributed by atoms with van der Waals surface area (Å²) < 4.78 is 0. The molecule has 1 aromatic rings. The van der Waals surface area contributed by atoms with E-state index < -0.39 is 18.0 Å². The smallest absolute Gasteiger partial charge is 0.326 e. The van der Waals surface area contributed by atoms with Crippen LogP contribution >= 0.6 is 11.6 Å². The van der Waals surface area contributed by atoms with Gasteiger partial charge in [0, 0.05) is 0 Å². The fourth-order valence-electron chi connectivity index (χ4n) is 1.50. The second kappa shape index (κ2) is 6.78. The minimum atomic E-state index is -1.12. The van der Waals surface area contributed by atoms with E-state index in [2.05, 4.69) is 10.6 Å². The van der Waals surface area contributed by atoms with Crippen LogP contribution in [0.25, 0.3) is 0 Å². The highest BCUT2D eigenvalue weighted by Crippen LogP contribution is 2.22. The van der Waals surface area contributed by atoms with E-state index in [1.165, 1.54) is 18.2 Å². The second-order valence-electron chi connectivity index (χ2n) is 4.46. The molecule has 0 bridgehead atoms. The van der Waals surface area contributed by atoms with Crippen molar-refractivity contribution in [2.24, 2.45) is 5.92 Å². The number of urea groups is 1. The van der Waals surface area contributed by atoms with Gasteiger partial charge in [-0.1, -0.05) is 25.4 Å². The van der Waals surface area contributed by atoms with E-state index in [-0.39, 0.29) is 16.6 Å². The van der Waals surface area contributed by atoms with Crippen LogP contribution in [-0.2, 0) is 4.79 Å². The molecule has 1 rings (SSSR count). The van der Waals surface area contributed by atoms with Gasteiger partial charge in [-0.2, -0.15) is 5.26 Å². The van der Waals surface area contributed by atoms with Crippen molar-refractivity contribution in [2.45, 2.75) is 19.9 Å². The molecule has 20 heavy (non-hydrogen) atoms. The Kier molecular flexibility index (Phi) is 5.35. The van der Waals surface area contributed by atoms with Gasteiger partial charge in [-0.3, -0.25) is 0 Å². The molecule has 1 atom stereocenters. The van der Waals surface area contributed by atoms with Crippen molar-refractivity contribution in [2.75, 3.05) is 5.32 Å². The summed E-state index contributed by atoms with van der Waals surface area (Å²) in [6.45, 7) is 3.37. The van der Waals surface area contributed by atoms with Crippen LogP contribution in [0, 0.1) is 17.2 Å². The molecule has 0 aliphatic rings. The van der Waals surface area contributed by atoms with Crippen LogP contribution in [0.3, 0.4) is 0 Å². The Morgan fingerprint density at radius 2 is 2.05 bits per heavy atom. The number of nitrogens with one attached hydrogen (secondary N) is 2. The Morgan fingerprint density at radius 3 is 2.55 bits per heavy atom. The molecule has 0 saturated heterocycles. The van der Waals surface area contributed by atoms with Crippen molar-refractivity contribution in [1.29, 1.82) is 5.26 Å². The zero-order valence-corrected chi connectivity index (χ0v) is 11.7. The first-order chi connectivity index (χ1) is 9.35. The number of carbonyl (C=O) groups is 2. The van der Waals surface area contributed by atoms with E-state index in [9.17, 15) is 9.59 Å². The molecule has 3 N–H and O–H groups in total. The number of halogens is 1. The highest BCUT2D eigenvalue weighted by Gasteiger charge is 2.23. The SMILES string of the molecule is CC(C)C(NC(=O)Nc1cc(C#N)ccc1Cl)C(=O)O. The number of rotatable bonds is 4. The van der Waals surface area contributed by atoms with E-state index in [1.807, 2.05) is 6.07 Å². The number of anilines is 1. The number of carbonyl (C=O) groups excluding carboxylic acids is 1. The maximum Gasteiger partial charge on any atom is 0.326 e. The third kappa shape index (κ3) is 4.14. The number of amides is 2. The van der Waals surface area contributed by atoms with E-state index in [4.69, 9.17) is 22.0 Å². The van der Waals surface area contributed by atoms with Gasteiger partial charge in [-0.05, 0) is 24.1 Å². The predicted octanol–water partition coefficient (Wildman–Crippen LogP) is 2.44. The van der Waals surface area contributed by atoms with Crippen LogP contribution < -0.4 is 10.6 Å². The van der Waals surface area contributed by atoms with Crippen molar-refractivity contribution in [3.8, 4) is 6.07 Å². The number of nitriles is 1. The Bertz CT molecular complexity index is 566. The molecular formula is C13H14ClN3O3. The quantitative estimate of drug-likeness (QED) is 0.794. The third-order valence-corrected chi connectivity index (χ3v) is 2.89. The molecule has 0 aliphatic carbocycles. The van der Waals surface area contributed by atoms with Crippen LogP contribution in [-0.4, -0.2) is 23.1 Å². The summed E-state index contributed by atoms with van der Waals surface area (Å²) in [5.74, 6) is -1.38. The van der Waals surface area contributed by atoms with E-state index in [1.54, 1.807) is 13.8 Å². The van der Waals surface area contributed by atoms with Crippen molar-refractivity contribution in [3.63, 3.8) is 0 Å². The van der Waals surface area contributed by atoms with Crippen molar-refractivity contribution >= 4 is 29.3 Å². The number of hydrogen-bond acceptors (Lipinski definition) is 3. The minimum Gasteiger partial charge on any atom is -0.480 e. The average Bonchev–Trinajstić information content (AvgIpc) is 2.37. The fourth-order valence-corrected chi connectivity index (χ4v) is 1.67. The maximum absolute atomic E-state index is 11.8. The molecule has 0 spiro atoms. The van der Waals surface area contributed by atoms with E-state index in [0.29, 0.717) is 5.56 Å². The second-order valence-corrected chi connectivity index (χ2v) is 4.87. The zero-order chi connectivity index (χ0) is 15.3. The number of carboxylic acid groups (broad SMARTS) is 1. The van der Waals surface area contributed by atoms with Crippen LogP contribution in [0.1, 0.15) is 19.4 Å². The molecule has 0 fully saturated rings. The minimum absolute atomic E-state index is 0.246. The molecule has 1 unspecified atom stereocenters. The molecule has 6 nitrogen and oxygen atoms in total. The van der Waals surface area contributed by atoms with Gasteiger partial charge in [0.25, 0.3) is 0 Å². The molecule has 0 saturated carbocycles. The van der Waals surface area contributed by atoms with Gasteiger partial charge in [-0.15, -0.1) is 0 Å². The number of aliphatic carboxylic acids is 1.